The zero-order chi connectivity index (χ0) is 16.9. The van der Waals surface area contributed by atoms with Crippen LogP contribution in [0.4, 0.5) is 4.79 Å². The molecule has 1 N–H and O–H groups in total. The van der Waals surface area contributed by atoms with E-state index in [2.05, 4.69) is 40.8 Å². The van der Waals surface area contributed by atoms with Crippen molar-refractivity contribution in [2.45, 2.75) is 37.7 Å². The van der Waals surface area contributed by atoms with Crippen LogP contribution in [0.2, 0.25) is 0 Å². The van der Waals surface area contributed by atoms with Crippen molar-refractivity contribution in [3.05, 3.63) is 42.5 Å². The first-order valence-electron chi connectivity index (χ1n) is 7.51. The van der Waals surface area contributed by atoms with Crippen molar-refractivity contribution >= 4 is 17.9 Å². The van der Waals surface area contributed by atoms with Crippen molar-refractivity contribution in [2.24, 2.45) is 0 Å². The molecule has 0 saturated heterocycles. The molecule has 2 aromatic rings. The molecule has 1 amide bonds. The van der Waals surface area contributed by atoms with Crippen molar-refractivity contribution < 1.29 is 9.53 Å². The SMILES string of the molecule is CSc1ccc(-n2cncc2CCNC(=O)OC(C)(C)C)cc1. The molecule has 0 spiro atoms. The van der Waals surface area contributed by atoms with E-state index in [9.17, 15) is 4.79 Å². The Kier molecular flexibility index (Phi) is 5.71. The topological polar surface area (TPSA) is 56.2 Å². The van der Waals surface area contributed by atoms with Gasteiger partial charge in [0, 0.05) is 35.4 Å². The van der Waals surface area contributed by atoms with Crippen LogP contribution in [0.3, 0.4) is 0 Å². The monoisotopic (exact) mass is 333 g/mol. The molecule has 0 aliphatic rings. The summed E-state index contributed by atoms with van der Waals surface area (Å²) in [5, 5.41) is 2.77. The van der Waals surface area contributed by atoms with Gasteiger partial charge in [-0.3, -0.25) is 0 Å². The third kappa shape index (κ3) is 5.32. The van der Waals surface area contributed by atoms with E-state index in [0.29, 0.717) is 13.0 Å². The van der Waals surface area contributed by atoms with Gasteiger partial charge in [-0.2, -0.15) is 0 Å². The zero-order valence-electron chi connectivity index (χ0n) is 14.0. The zero-order valence-corrected chi connectivity index (χ0v) is 14.8. The summed E-state index contributed by atoms with van der Waals surface area (Å²) in [6.45, 7) is 6.04. The second kappa shape index (κ2) is 7.55. The van der Waals surface area contributed by atoms with Crippen LogP contribution in [0.25, 0.3) is 5.69 Å². The molecule has 6 heteroatoms. The number of ether oxygens (including phenoxy) is 1. The van der Waals surface area contributed by atoms with Crippen LogP contribution in [0.1, 0.15) is 26.5 Å². The predicted molar refractivity (Wildman–Crippen MR) is 93.3 cm³/mol. The summed E-state index contributed by atoms with van der Waals surface area (Å²) in [5.74, 6) is 0. The Balaban J connectivity index is 1.94. The predicted octanol–water partition coefficient (Wildman–Crippen LogP) is 3.66. The summed E-state index contributed by atoms with van der Waals surface area (Å²) in [7, 11) is 0. The van der Waals surface area contributed by atoms with E-state index in [1.54, 1.807) is 18.1 Å². The first kappa shape index (κ1) is 17.4. The lowest BCUT2D eigenvalue weighted by molar-refractivity contribution is 0.0528. The van der Waals surface area contributed by atoms with E-state index in [1.807, 2.05) is 31.5 Å². The number of benzene rings is 1. The average molecular weight is 333 g/mol. The van der Waals surface area contributed by atoms with Crippen LogP contribution >= 0.6 is 11.8 Å². The smallest absolute Gasteiger partial charge is 0.407 e. The fourth-order valence-electron chi connectivity index (χ4n) is 2.09. The van der Waals surface area contributed by atoms with Crippen molar-refractivity contribution in [3.63, 3.8) is 0 Å². The number of nitrogens with one attached hydrogen (secondary N) is 1. The van der Waals surface area contributed by atoms with Crippen LogP contribution in [0, 0.1) is 0 Å². The molecule has 1 aromatic carbocycles. The van der Waals surface area contributed by atoms with E-state index < -0.39 is 11.7 Å². The van der Waals surface area contributed by atoms with Crippen LogP contribution < -0.4 is 5.32 Å². The molecule has 0 aliphatic carbocycles. The number of amides is 1. The largest absolute Gasteiger partial charge is 0.444 e. The van der Waals surface area contributed by atoms with Gasteiger partial charge in [-0.1, -0.05) is 0 Å². The number of hydrogen-bond donors (Lipinski definition) is 1. The maximum Gasteiger partial charge on any atom is 0.407 e. The first-order chi connectivity index (χ1) is 10.9. The van der Waals surface area contributed by atoms with Gasteiger partial charge >= 0.3 is 6.09 Å². The van der Waals surface area contributed by atoms with E-state index in [0.717, 1.165) is 11.4 Å². The molecule has 23 heavy (non-hydrogen) atoms. The Labute approximate surface area is 141 Å². The van der Waals surface area contributed by atoms with Crippen molar-refractivity contribution in [2.75, 3.05) is 12.8 Å². The molecule has 2 rings (SSSR count). The van der Waals surface area contributed by atoms with Gasteiger partial charge in [0.1, 0.15) is 5.60 Å². The third-order valence-electron chi connectivity index (χ3n) is 3.12. The minimum atomic E-state index is -0.481. The van der Waals surface area contributed by atoms with Crippen molar-refractivity contribution in [3.8, 4) is 5.69 Å². The highest BCUT2D eigenvalue weighted by atomic mass is 32.2. The molecule has 5 nitrogen and oxygen atoms in total. The highest BCUT2D eigenvalue weighted by Gasteiger charge is 2.15. The van der Waals surface area contributed by atoms with Gasteiger partial charge in [-0.05, 0) is 51.3 Å². The lowest BCUT2D eigenvalue weighted by Gasteiger charge is -2.19. The Hall–Kier alpha value is -1.95. The molecule has 1 heterocycles. The summed E-state index contributed by atoms with van der Waals surface area (Å²) < 4.78 is 7.25. The minimum absolute atomic E-state index is 0.395. The van der Waals surface area contributed by atoms with Crippen LogP contribution in [-0.4, -0.2) is 34.0 Å². The van der Waals surface area contributed by atoms with Crippen LogP contribution in [-0.2, 0) is 11.2 Å². The Morgan fingerprint density at radius 2 is 2.00 bits per heavy atom. The lowest BCUT2D eigenvalue weighted by atomic mass is 10.2. The molecule has 124 valence electrons. The molecule has 0 radical (unpaired) electrons. The number of nitrogens with zero attached hydrogens (tertiary/aromatic N) is 2. The van der Waals surface area contributed by atoms with E-state index in [4.69, 9.17) is 4.74 Å². The van der Waals surface area contributed by atoms with E-state index >= 15 is 0 Å². The lowest BCUT2D eigenvalue weighted by Crippen LogP contribution is -2.33. The minimum Gasteiger partial charge on any atom is -0.444 e. The Morgan fingerprint density at radius 3 is 2.61 bits per heavy atom. The number of carbonyl (C=O) groups excluding carboxylic acids is 1. The fourth-order valence-corrected chi connectivity index (χ4v) is 2.50. The number of carbonyl (C=O) groups is 1. The quantitative estimate of drug-likeness (QED) is 0.848. The fraction of sp³-hybridized carbons (Fsp3) is 0.412. The van der Waals surface area contributed by atoms with Crippen LogP contribution in [0.15, 0.2) is 41.7 Å². The Bertz CT molecular complexity index is 645. The standard InChI is InChI=1S/C17H23N3O2S/c1-17(2,3)22-16(21)19-10-9-14-11-18-12-20(14)13-5-7-15(23-4)8-6-13/h5-8,11-12H,9-10H2,1-4H3,(H,19,21). The molecule has 1 aromatic heterocycles. The van der Waals surface area contributed by atoms with Crippen molar-refractivity contribution in [1.29, 1.82) is 0 Å². The number of imidazole rings is 1. The summed E-state index contributed by atoms with van der Waals surface area (Å²) >= 11 is 1.71. The molecular weight excluding hydrogens is 310 g/mol. The summed E-state index contributed by atoms with van der Waals surface area (Å²) in [5.41, 5.74) is 1.62. The third-order valence-corrected chi connectivity index (χ3v) is 3.86. The van der Waals surface area contributed by atoms with Crippen LogP contribution in [0.5, 0.6) is 0 Å². The van der Waals surface area contributed by atoms with Gasteiger partial charge < -0.3 is 14.6 Å². The Morgan fingerprint density at radius 1 is 1.30 bits per heavy atom. The number of aromatic nitrogens is 2. The first-order valence-corrected chi connectivity index (χ1v) is 8.74. The molecule has 0 saturated carbocycles. The maximum absolute atomic E-state index is 11.7. The molecule has 0 aliphatic heterocycles. The maximum atomic E-state index is 11.7. The second-order valence-corrected chi connectivity index (χ2v) is 7.01. The molecular formula is C17H23N3O2S. The van der Waals surface area contributed by atoms with Gasteiger partial charge in [-0.25, -0.2) is 9.78 Å². The van der Waals surface area contributed by atoms with Gasteiger partial charge in [-0.15, -0.1) is 11.8 Å². The van der Waals surface area contributed by atoms with Gasteiger partial charge in [0.2, 0.25) is 0 Å². The van der Waals surface area contributed by atoms with Gasteiger partial charge in [0.15, 0.2) is 0 Å². The summed E-state index contributed by atoms with van der Waals surface area (Å²) in [4.78, 5) is 17.1. The van der Waals surface area contributed by atoms with E-state index in [1.165, 1.54) is 4.90 Å². The second-order valence-electron chi connectivity index (χ2n) is 6.13. The normalized spacial score (nSPS) is 11.3. The number of thioether (sulfide) groups is 1. The molecule has 0 unspecified atom stereocenters. The highest BCUT2D eigenvalue weighted by molar-refractivity contribution is 7.98. The van der Waals surface area contributed by atoms with Gasteiger partial charge in [0.05, 0.1) is 6.33 Å². The average Bonchev–Trinajstić information content (AvgIpc) is 2.94. The van der Waals surface area contributed by atoms with Gasteiger partial charge in [0.25, 0.3) is 0 Å². The van der Waals surface area contributed by atoms with Crippen molar-refractivity contribution in [1.82, 2.24) is 14.9 Å². The molecule has 0 atom stereocenters. The number of alkyl carbamates (subject to hydrolysis) is 1. The molecule has 0 fully saturated rings. The summed E-state index contributed by atoms with van der Waals surface area (Å²) in [6.07, 6.45) is 5.95. The number of rotatable bonds is 5. The number of hydrogen-bond acceptors (Lipinski definition) is 4. The highest BCUT2D eigenvalue weighted by Crippen LogP contribution is 2.18. The summed E-state index contributed by atoms with van der Waals surface area (Å²) in [6, 6.07) is 8.31. The molecule has 0 bridgehead atoms. The van der Waals surface area contributed by atoms with E-state index in [-0.39, 0.29) is 0 Å².